The van der Waals surface area contributed by atoms with E-state index in [9.17, 15) is 4.79 Å². The number of amides is 1. The van der Waals surface area contributed by atoms with Crippen molar-refractivity contribution in [3.8, 4) is 0 Å². The molecule has 0 saturated heterocycles. The molecule has 1 aromatic carbocycles. The first kappa shape index (κ1) is 15.5. The lowest BCUT2D eigenvalue weighted by Gasteiger charge is -2.10. The van der Waals surface area contributed by atoms with E-state index in [0.717, 1.165) is 0 Å². The Kier molecular flexibility index (Phi) is 4.63. The summed E-state index contributed by atoms with van der Waals surface area (Å²) in [6.45, 7) is 6.47. The fourth-order valence-corrected chi connectivity index (χ4v) is 1.78. The Labute approximate surface area is 128 Å². The smallest absolute Gasteiger partial charge is 0.251 e. The molecule has 112 valence electrons. The first-order valence-electron chi connectivity index (χ1n) is 6.73. The monoisotopic (exact) mass is 307 g/mol. The minimum absolute atomic E-state index is 0.147. The van der Waals surface area contributed by atoms with Crippen LogP contribution in [0.3, 0.4) is 0 Å². The molecule has 0 fully saturated rings. The second kappa shape index (κ2) is 6.26. The normalized spacial score (nSPS) is 11.4. The molecule has 21 heavy (non-hydrogen) atoms. The predicted molar refractivity (Wildman–Crippen MR) is 80.5 cm³/mol. The van der Waals surface area contributed by atoms with Crippen LogP contribution < -0.4 is 5.32 Å². The van der Waals surface area contributed by atoms with E-state index in [2.05, 4.69) is 15.5 Å². The summed E-state index contributed by atoms with van der Waals surface area (Å²) in [4.78, 5) is 16.2. The van der Waals surface area contributed by atoms with Gasteiger partial charge < -0.3 is 9.84 Å². The highest BCUT2D eigenvalue weighted by atomic mass is 35.5. The molecule has 0 saturated carbocycles. The fourth-order valence-electron chi connectivity index (χ4n) is 1.65. The summed E-state index contributed by atoms with van der Waals surface area (Å²) < 4.78 is 5.20. The van der Waals surface area contributed by atoms with Gasteiger partial charge in [0.25, 0.3) is 5.91 Å². The fraction of sp³-hybridized carbons (Fsp3) is 0.400. The zero-order valence-corrected chi connectivity index (χ0v) is 13.1. The van der Waals surface area contributed by atoms with E-state index in [1.54, 1.807) is 24.3 Å². The molecule has 0 aliphatic rings. The molecular weight excluding hydrogens is 290 g/mol. The van der Waals surface area contributed by atoms with E-state index in [4.69, 9.17) is 16.1 Å². The van der Waals surface area contributed by atoms with Gasteiger partial charge >= 0.3 is 0 Å². The van der Waals surface area contributed by atoms with Crippen LogP contribution in [0.5, 0.6) is 0 Å². The Hall–Kier alpha value is -1.88. The van der Waals surface area contributed by atoms with Gasteiger partial charge in [0.1, 0.15) is 0 Å². The molecule has 0 atom stereocenters. The average Bonchev–Trinajstić information content (AvgIpc) is 2.88. The van der Waals surface area contributed by atoms with Gasteiger partial charge in [0.05, 0.1) is 0 Å². The van der Waals surface area contributed by atoms with Gasteiger partial charge in [-0.1, -0.05) is 37.5 Å². The number of carbonyl (C=O) groups excluding carboxylic acids is 1. The van der Waals surface area contributed by atoms with Crippen molar-refractivity contribution in [2.75, 3.05) is 6.54 Å². The minimum atomic E-state index is -0.169. The molecule has 1 aromatic heterocycles. The molecule has 1 heterocycles. The number of halogens is 1. The van der Waals surface area contributed by atoms with Gasteiger partial charge in [-0.15, -0.1) is 0 Å². The van der Waals surface area contributed by atoms with Gasteiger partial charge in [0.15, 0.2) is 5.82 Å². The number of rotatable bonds is 4. The van der Waals surface area contributed by atoms with Crippen molar-refractivity contribution in [3.05, 3.63) is 46.6 Å². The molecule has 0 aliphatic carbocycles. The standard InChI is InChI=1S/C15H18ClN3O2/c1-15(2,3)14-18-12(19-21-14)8-9-17-13(20)10-4-6-11(16)7-5-10/h4-7H,8-9H2,1-3H3,(H,17,20). The number of hydrogen-bond acceptors (Lipinski definition) is 4. The zero-order chi connectivity index (χ0) is 15.5. The summed E-state index contributed by atoms with van der Waals surface area (Å²) in [5, 5.41) is 7.32. The molecule has 1 N–H and O–H groups in total. The molecule has 0 unspecified atom stereocenters. The van der Waals surface area contributed by atoms with Crippen molar-refractivity contribution < 1.29 is 9.32 Å². The summed E-state index contributed by atoms with van der Waals surface area (Å²) in [6, 6.07) is 6.74. The molecule has 0 radical (unpaired) electrons. The minimum Gasteiger partial charge on any atom is -0.352 e. The number of hydrogen-bond donors (Lipinski definition) is 1. The Morgan fingerprint density at radius 1 is 1.29 bits per heavy atom. The van der Waals surface area contributed by atoms with Gasteiger partial charge in [-0.05, 0) is 24.3 Å². The Morgan fingerprint density at radius 3 is 2.52 bits per heavy atom. The van der Waals surface area contributed by atoms with Crippen molar-refractivity contribution in [3.63, 3.8) is 0 Å². The molecule has 6 heteroatoms. The van der Waals surface area contributed by atoms with Crippen molar-refractivity contribution in [1.82, 2.24) is 15.5 Å². The van der Waals surface area contributed by atoms with Gasteiger partial charge in [-0.3, -0.25) is 4.79 Å². The molecule has 2 aromatic rings. The predicted octanol–water partition coefficient (Wildman–Crippen LogP) is 2.99. The lowest BCUT2D eigenvalue weighted by molar-refractivity contribution is 0.0954. The summed E-state index contributed by atoms with van der Waals surface area (Å²) in [5.41, 5.74) is 0.403. The molecule has 0 bridgehead atoms. The second-order valence-electron chi connectivity index (χ2n) is 5.78. The van der Waals surface area contributed by atoms with Crippen molar-refractivity contribution in [1.29, 1.82) is 0 Å². The number of aromatic nitrogens is 2. The molecule has 2 rings (SSSR count). The lowest BCUT2D eigenvalue weighted by atomic mass is 9.97. The Balaban J connectivity index is 1.85. The number of carbonyl (C=O) groups is 1. The van der Waals surface area contributed by atoms with Crippen LogP contribution in [0.25, 0.3) is 0 Å². The summed E-state index contributed by atoms with van der Waals surface area (Å²) >= 11 is 5.78. The lowest BCUT2D eigenvalue weighted by Crippen LogP contribution is -2.25. The average molecular weight is 308 g/mol. The van der Waals surface area contributed by atoms with Gasteiger partial charge in [0, 0.05) is 29.0 Å². The van der Waals surface area contributed by atoms with E-state index in [-0.39, 0.29) is 11.3 Å². The van der Waals surface area contributed by atoms with E-state index in [1.807, 2.05) is 20.8 Å². The number of nitrogens with one attached hydrogen (secondary N) is 1. The largest absolute Gasteiger partial charge is 0.352 e. The second-order valence-corrected chi connectivity index (χ2v) is 6.21. The third kappa shape index (κ3) is 4.29. The quantitative estimate of drug-likeness (QED) is 0.943. The SMILES string of the molecule is CC(C)(C)c1nc(CCNC(=O)c2ccc(Cl)cc2)no1. The van der Waals surface area contributed by atoms with E-state index >= 15 is 0 Å². The van der Waals surface area contributed by atoms with Crippen LogP contribution in [0.1, 0.15) is 42.8 Å². The maximum absolute atomic E-state index is 11.9. The summed E-state index contributed by atoms with van der Waals surface area (Å²) in [7, 11) is 0. The van der Waals surface area contributed by atoms with Gasteiger partial charge in [-0.2, -0.15) is 4.98 Å². The van der Waals surface area contributed by atoms with Crippen LogP contribution in [-0.4, -0.2) is 22.6 Å². The highest BCUT2D eigenvalue weighted by molar-refractivity contribution is 6.30. The van der Waals surface area contributed by atoms with E-state index in [0.29, 0.717) is 35.3 Å². The molecule has 5 nitrogen and oxygen atoms in total. The Morgan fingerprint density at radius 2 is 1.95 bits per heavy atom. The third-order valence-electron chi connectivity index (χ3n) is 2.85. The third-order valence-corrected chi connectivity index (χ3v) is 3.10. The van der Waals surface area contributed by atoms with Crippen LogP contribution in [0.4, 0.5) is 0 Å². The van der Waals surface area contributed by atoms with Crippen LogP contribution >= 0.6 is 11.6 Å². The van der Waals surface area contributed by atoms with Gasteiger partial charge in [-0.25, -0.2) is 0 Å². The first-order valence-corrected chi connectivity index (χ1v) is 7.11. The van der Waals surface area contributed by atoms with Crippen molar-refractivity contribution in [2.24, 2.45) is 0 Å². The topological polar surface area (TPSA) is 68.0 Å². The van der Waals surface area contributed by atoms with Gasteiger partial charge in [0.2, 0.25) is 5.89 Å². The van der Waals surface area contributed by atoms with Crippen LogP contribution in [0, 0.1) is 0 Å². The molecule has 0 aliphatic heterocycles. The molecule has 0 spiro atoms. The summed E-state index contributed by atoms with van der Waals surface area (Å²) in [5.74, 6) is 1.05. The zero-order valence-electron chi connectivity index (χ0n) is 12.3. The Bertz CT molecular complexity index is 615. The number of nitrogens with zero attached hydrogens (tertiary/aromatic N) is 2. The van der Waals surface area contributed by atoms with Crippen molar-refractivity contribution in [2.45, 2.75) is 32.6 Å². The van der Waals surface area contributed by atoms with Crippen LogP contribution in [0.2, 0.25) is 5.02 Å². The first-order chi connectivity index (χ1) is 9.86. The summed E-state index contributed by atoms with van der Waals surface area (Å²) in [6.07, 6.45) is 0.527. The van der Waals surface area contributed by atoms with E-state index in [1.165, 1.54) is 0 Å². The highest BCUT2D eigenvalue weighted by Gasteiger charge is 2.21. The maximum Gasteiger partial charge on any atom is 0.251 e. The van der Waals surface area contributed by atoms with Crippen LogP contribution in [0.15, 0.2) is 28.8 Å². The van der Waals surface area contributed by atoms with Crippen LogP contribution in [-0.2, 0) is 11.8 Å². The molecular formula is C15H18ClN3O2. The number of benzene rings is 1. The molecule has 1 amide bonds. The highest BCUT2D eigenvalue weighted by Crippen LogP contribution is 2.19. The van der Waals surface area contributed by atoms with Crippen molar-refractivity contribution >= 4 is 17.5 Å². The van der Waals surface area contributed by atoms with E-state index < -0.39 is 0 Å². The maximum atomic E-state index is 11.9.